The maximum Gasteiger partial charge on any atom is 0.259 e. The zero-order valence-corrected chi connectivity index (χ0v) is 17.4. The number of likely N-dealkylation sites (N-methyl/N-ethyl adjacent to an activating group) is 1. The lowest BCUT2D eigenvalue weighted by molar-refractivity contribution is 0.0453. The van der Waals surface area contributed by atoms with Gasteiger partial charge in [0.2, 0.25) is 0 Å². The van der Waals surface area contributed by atoms with Gasteiger partial charge in [0, 0.05) is 50.5 Å². The maximum atomic E-state index is 13.3. The molecule has 5 rings (SSSR count). The predicted octanol–water partition coefficient (Wildman–Crippen LogP) is 2.25. The molecule has 30 heavy (non-hydrogen) atoms. The van der Waals surface area contributed by atoms with Gasteiger partial charge in [-0.05, 0) is 32.5 Å². The fourth-order valence-corrected chi connectivity index (χ4v) is 4.77. The lowest BCUT2D eigenvalue weighted by Gasteiger charge is -2.42. The third kappa shape index (κ3) is 3.59. The smallest absolute Gasteiger partial charge is 0.259 e. The van der Waals surface area contributed by atoms with E-state index in [9.17, 15) is 4.79 Å². The van der Waals surface area contributed by atoms with E-state index >= 15 is 0 Å². The molecule has 156 valence electrons. The van der Waals surface area contributed by atoms with Crippen LogP contribution in [0.4, 0.5) is 0 Å². The summed E-state index contributed by atoms with van der Waals surface area (Å²) >= 11 is 0. The number of aromatic nitrogens is 3. The van der Waals surface area contributed by atoms with Gasteiger partial charge in [-0.15, -0.1) is 0 Å². The topological polar surface area (TPSA) is 57.0 Å². The number of likely N-dealkylation sites (tertiary alicyclic amines) is 1. The summed E-state index contributed by atoms with van der Waals surface area (Å²) in [6, 6.07) is 12.6. The van der Waals surface area contributed by atoms with E-state index in [4.69, 9.17) is 0 Å². The van der Waals surface area contributed by atoms with Crippen molar-refractivity contribution in [3.63, 3.8) is 0 Å². The van der Waals surface area contributed by atoms with Crippen molar-refractivity contribution in [1.29, 1.82) is 0 Å². The van der Waals surface area contributed by atoms with Crippen LogP contribution in [-0.4, -0.2) is 87.6 Å². The fraction of sp³-hybridized carbons (Fsp3) is 0.435. The molecule has 2 fully saturated rings. The number of carbonyl (C=O) groups is 1. The van der Waals surface area contributed by atoms with Crippen LogP contribution >= 0.6 is 0 Å². The Hall–Kier alpha value is -2.77. The van der Waals surface area contributed by atoms with Crippen LogP contribution in [0.5, 0.6) is 0 Å². The number of fused-ring (bicyclic) bond motifs is 1. The first-order valence-electron chi connectivity index (χ1n) is 10.8. The van der Waals surface area contributed by atoms with E-state index in [-0.39, 0.29) is 5.91 Å². The van der Waals surface area contributed by atoms with Crippen LogP contribution in [0.2, 0.25) is 0 Å². The average molecular weight is 405 g/mol. The van der Waals surface area contributed by atoms with Crippen molar-refractivity contribution in [2.24, 2.45) is 0 Å². The average Bonchev–Trinajstić information content (AvgIpc) is 3.23. The third-order valence-electron chi connectivity index (χ3n) is 6.42. The zero-order valence-electron chi connectivity index (χ0n) is 17.4. The quantitative estimate of drug-likeness (QED) is 0.670. The van der Waals surface area contributed by atoms with Crippen LogP contribution in [0, 0.1) is 0 Å². The van der Waals surface area contributed by atoms with Crippen LogP contribution in [0.25, 0.3) is 16.9 Å². The summed E-state index contributed by atoms with van der Waals surface area (Å²) in [5, 5.41) is 4.50. The van der Waals surface area contributed by atoms with Gasteiger partial charge in [-0.2, -0.15) is 5.10 Å². The maximum absolute atomic E-state index is 13.3. The second-order valence-corrected chi connectivity index (χ2v) is 8.38. The molecule has 1 unspecified atom stereocenters. The van der Waals surface area contributed by atoms with Crippen LogP contribution in [0.15, 0.2) is 48.8 Å². The molecular weight excluding hydrogens is 376 g/mol. The lowest BCUT2D eigenvalue weighted by atomic mass is 10.0. The molecule has 0 N–H and O–H groups in total. The van der Waals surface area contributed by atoms with Gasteiger partial charge in [0.05, 0.1) is 11.9 Å². The van der Waals surface area contributed by atoms with Gasteiger partial charge in [-0.3, -0.25) is 9.69 Å². The molecule has 0 saturated carbocycles. The highest BCUT2D eigenvalue weighted by molar-refractivity contribution is 6.00. The van der Waals surface area contributed by atoms with E-state index in [0.29, 0.717) is 17.3 Å². The Kier molecular flexibility index (Phi) is 5.23. The van der Waals surface area contributed by atoms with Crippen molar-refractivity contribution >= 4 is 11.6 Å². The summed E-state index contributed by atoms with van der Waals surface area (Å²) in [6.07, 6.45) is 5.95. The molecule has 1 atom stereocenters. The summed E-state index contributed by atoms with van der Waals surface area (Å²) < 4.78 is 1.77. The van der Waals surface area contributed by atoms with Crippen LogP contribution in [-0.2, 0) is 0 Å². The first-order chi connectivity index (χ1) is 14.7. The summed E-state index contributed by atoms with van der Waals surface area (Å²) in [5.41, 5.74) is 3.19. The number of piperidine rings is 1. The Balaban J connectivity index is 1.32. The Morgan fingerprint density at radius 1 is 1.03 bits per heavy atom. The molecular formula is C23H28N6O. The zero-order chi connectivity index (χ0) is 20.5. The van der Waals surface area contributed by atoms with Gasteiger partial charge >= 0.3 is 0 Å². The highest BCUT2D eigenvalue weighted by Gasteiger charge is 2.30. The standard InChI is InChI=1S/C23H28N6O/c1-26-11-5-8-19(17-26)27-12-14-28(15-13-27)23(30)20-16-25-29-21(9-10-24-22(20)29)18-6-3-2-4-7-18/h2-4,6-7,9-10,16,19H,5,8,11-15,17H2,1H3. The van der Waals surface area contributed by atoms with Gasteiger partial charge in [0.1, 0.15) is 5.56 Å². The molecule has 0 spiro atoms. The molecule has 4 heterocycles. The lowest BCUT2D eigenvalue weighted by Crippen LogP contribution is -2.55. The fourth-order valence-electron chi connectivity index (χ4n) is 4.77. The number of nitrogens with zero attached hydrogens (tertiary/aromatic N) is 6. The van der Waals surface area contributed by atoms with E-state index in [0.717, 1.165) is 44.0 Å². The predicted molar refractivity (Wildman–Crippen MR) is 116 cm³/mol. The Morgan fingerprint density at radius 2 is 1.83 bits per heavy atom. The summed E-state index contributed by atoms with van der Waals surface area (Å²) in [6.45, 7) is 5.72. The Bertz CT molecular complexity index is 1020. The summed E-state index contributed by atoms with van der Waals surface area (Å²) in [4.78, 5) is 24.7. The van der Waals surface area contributed by atoms with Gasteiger partial charge in [0.25, 0.3) is 5.91 Å². The normalized spacial score (nSPS) is 21.2. The minimum Gasteiger partial charge on any atom is -0.336 e. The molecule has 2 aliphatic rings. The molecule has 7 heteroatoms. The minimum atomic E-state index is 0.0307. The third-order valence-corrected chi connectivity index (χ3v) is 6.42. The van der Waals surface area contributed by atoms with Crippen LogP contribution < -0.4 is 0 Å². The number of rotatable bonds is 3. The van der Waals surface area contributed by atoms with E-state index in [1.807, 2.05) is 41.3 Å². The number of carbonyl (C=O) groups excluding carboxylic acids is 1. The number of amides is 1. The summed E-state index contributed by atoms with van der Waals surface area (Å²) in [7, 11) is 2.20. The van der Waals surface area contributed by atoms with Crippen molar-refractivity contribution in [3.8, 4) is 11.3 Å². The van der Waals surface area contributed by atoms with E-state index in [1.54, 1.807) is 16.9 Å². The molecule has 0 bridgehead atoms. The molecule has 2 aromatic heterocycles. The van der Waals surface area contributed by atoms with Crippen molar-refractivity contribution in [2.45, 2.75) is 18.9 Å². The van der Waals surface area contributed by atoms with Crippen LogP contribution in [0.3, 0.4) is 0 Å². The second-order valence-electron chi connectivity index (χ2n) is 8.38. The van der Waals surface area contributed by atoms with Crippen molar-refractivity contribution < 1.29 is 4.79 Å². The first-order valence-corrected chi connectivity index (χ1v) is 10.8. The van der Waals surface area contributed by atoms with Gasteiger partial charge in [-0.25, -0.2) is 9.50 Å². The van der Waals surface area contributed by atoms with E-state index in [2.05, 4.69) is 26.9 Å². The molecule has 3 aromatic rings. The number of hydrogen-bond acceptors (Lipinski definition) is 5. The van der Waals surface area contributed by atoms with Crippen LogP contribution in [0.1, 0.15) is 23.2 Å². The number of benzene rings is 1. The molecule has 7 nitrogen and oxygen atoms in total. The van der Waals surface area contributed by atoms with Crippen molar-refractivity contribution in [2.75, 3.05) is 46.3 Å². The van der Waals surface area contributed by atoms with Crippen molar-refractivity contribution in [1.82, 2.24) is 29.3 Å². The van der Waals surface area contributed by atoms with Crippen molar-refractivity contribution in [3.05, 3.63) is 54.4 Å². The summed E-state index contributed by atoms with van der Waals surface area (Å²) in [5.74, 6) is 0.0307. The first kappa shape index (κ1) is 19.2. The minimum absolute atomic E-state index is 0.0307. The van der Waals surface area contributed by atoms with Gasteiger partial charge in [-0.1, -0.05) is 30.3 Å². The van der Waals surface area contributed by atoms with Gasteiger partial charge < -0.3 is 9.80 Å². The highest BCUT2D eigenvalue weighted by atomic mass is 16.2. The second kappa shape index (κ2) is 8.16. The molecule has 2 saturated heterocycles. The Morgan fingerprint density at radius 3 is 2.60 bits per heavy atom. The molecule has 0 aliphatic carbocycles. The SMILES string of the molecule is CN1CCCC(N2CCN(C(=O)c3cnn4c(-c5ccccc5)ccnc34)CC2)C1. The van der Waals surface area contributed by atoms with Gasteiger partial charge in [0.15, 0.2) is 5.65 Å². The largest absolute Gasteiger partial charge is 0.336 e. The van der Waals surface area contributed by atoms with E-state index < -0.39 is 0 Å². The monoisotopic (exact) mass is 404 g/mol. The molecule has 0 radical (unpaired) electrons. The molecule has 2 aliphatic heterocycles. The van der Waals surface area contributed by atoms with E-state index in [1.165, 1.54) is 19.4 Å². The highest BCUT2D eigenvalue weighted by Crippen LogP contribution is 2.22. The number of hydrogen-bond donors (Lipinski definition) is 0. The Labute approximate surface area is 176 Å². The molecule has 1 aromatic carbocycles. The number of piperazine rings is 1. The molecule has 1 amide bonds.